The first-order valence-electron chi connectivity index (χ1n) is 4.80. The summed E-state index contributed by atoms with van der Waals surface area (Å²) >= 11 is 6.19. The van der Waals surface area contributed by atoms with Gasteiger partial charge in [0.05, 0.1) is 0 Å². The zero-order valence-corrected chi connectivity index (χ0v) is 9.30. The smallest absolute Gasteiger partial charge is 0.0477 e. The fraction of sp³-hybridized carbons (Fsp3) is 0.455. The molecule has 3 heteroatoms. The third-order valence-electron chi connectivity index (χ3n) is 2.76. The van der Waals surface area contributed by atoms with Gasteiger partial charge in [-0.15, -0.1) is 0 Å². The number of anilines is 1. The summed E-state index contributed by atoms with van der Waals surface area (Å²) in [5.41, 5.74) is 8.27. The van der Waals surface area contributed by atoms with Gasteiger partial charge in [-0.05, 0) is 25.0 Å². The molecule has 0 spiro atoms. The van der Waals surface area contributed by atoms with E-state index in [-0.39, 0.29) is 5.54 Å². The second kappa shape index (κ2) is 3.14. The van der Waals surface area contributed by atoms with Gasteiger partial charge in [-0.25, -0.2) is 0 Å². The molecule has 2 N–H and O–H groups in total. The fourth-order valence-corrected chi connectivity index (χ4v) is 2.12. The number of hydrogen-bond donors (Lipinski definition) is 1. The van der Waals surface area contributed by atoms with Crippen molar-refractivity contribution < 1.29 is 0 Å². The number of benzene rings is 1. The highest BCUT2D eigenvalue weighted by atomic mass is 35.5. The zero-order chi connectivity index (χ0) is 10.3. The van der Waals surface area contributed by atoms with Crippen LogP contribution in [0.5, 0.6) is 0 Å². The molecular formula is C11H15ClN2. The molecule has 1 aliphatic carbocycles. The highest BCUT2D eigenvalue weighted by Crippen LogP contribution is 2.49. The molecule has 0 saturated heterocycles. The van der Waals surface area contributed by atoms with E-state index in [9.17, 15) is 0 Å². The van der Waals surface area contributed by atoms with Crippen LogP contribution in [0.4, 0.5) is 5.69 Å². The van der Waals surface area contributed by atoms with Crippen LogP contribution < -0.4 is 10.6 Å². The minimum Gasteiger partial charge on any atom is -0.377 e. The van der Waals surface area contributed by atoms with Gasteiger partial charge in [0, 0.05) is 35.9 Å². The Morgan fingerprint density at radius 3 is 2.50 bits per heavy atom. The first kappa shape index (κ1) is 9.81. The molecule has 2 rings (SSSR count). The van der Waals surface area contributed by atoms with Gasteiger partial charge in [-0.3, -0.25) is 0 Å². The second-order valence-corrected chi connectivity index (χ2v) is 4.59. The van der Waals surface area contributed by atoms with E-state index >= 15 is 0 Å². The van der Waals surface area contributed by atoms with Crippen molar-refractivity contribution in [2.24, 2.45) is 5.73 Å². The number of hydrogen-bond acceptors (Lipinski definition) is 2. The van der Waals surface area contributed by atoms with Crippen LogP contribution in [0.15, 0.2) is 18.2 Å². The Morgan fingerprint density at radius 1 is 1.36 bits per heavy atom. The molecule has 0 heterocycles. The lowest BCUT2D eigenvalue weighted by molar-refractivity contribution is 0.737. The van der Waals surface area contributed by atoms with Gasteiger partial charge >= 0.3 is 0 Å². The molecule has 76 valence electrons. The van der Waals surface area contributed by atoms with Gasteiger partial charge in [0.1, 0.15) is 0 Å². The average Bonchev–Trinajstić information content (AvgIpc) is 2.84. The molecule has 1 aromatic rings. The molecular weight excluding hydrogens is 196 g/mol. The summed E-state index contributed by atoms with van der Waals surface area (Å²) in [7, 11) is 4.03. The van der Waals surface area contributed by atoms with Gasteiger partial charge < -0.3 is 10.6 Å². The third-order valence-corrected chi connectivity index (χ3v) is 3.07. The maximum Gasteiger partial charge on any atom is 0.0477 e. The third kappa shape index (κ3) is 1.49. The predicted molar refractivity (Wildman–Crippen MR) is 60.9 cm³/mol. The van der Waals surface area contributed by atoms with Crippen LogP contribution in [-0.4, -0.2) is 14.1 Å². The van der Waals surface area contributed by atoms with Crippen LogP contribution in [0.3, 0.4) is 0 Å². The quantitative estimate of drug-likeness (QED) is 0.812. The van der Waals surface area contributed by atoms with Gasteiger partial charge in [0.25, 0.3) is 0 Å². The highest BCUT2D eigenvalue weighted by Gasteiger charge is 2.43. The zero-order valence-electron chi connectivity index (χ0n) is 8.55. The molecule has 1 fully saturated rings. The lowest BCUT2D eigenvalue weighted by Gasteiger charge is -2.22. The minimum atomic E-state index is -0.169. The molecule has 2 nitrogen and oxygen atoms in total. The number of halogens is 1. The van der Waals surface area contributed by atoms with E-state index in [2.05, 4.69) is 11.0 Å². The Balaban J connectivity index is 2.54. The maximum atomic E-state index is 6.20. The van der Waals surface area contributed by atoms with Crippen LogP contribution in [0.2, 0.25) is 5.02 Å². The number of nitrogens with two attached hydrogens (primary N) is 1. The molecule has 0 atom stereocenters. The molecule has 0 unspecified atom stereocenters. The summed E-state index contributed by atoms with van der Waals surface area (Å²) in [6.45, 7) is 0. The molecule has 0 aliphatic heterocycles. The molecule has 0 amide bonds. The molecule has 1 aromatic carbocycles. The van der Waals surface area contributed by atoms with E-state index < -0.39 is 0 Å². The second-order valence-electron chi connectivity index (χ2n) is 4.18. The van der Waals surface area contributed by atoms with Crippen molar-refractivity contribution in [2.75, 3.05) is 19.0 Å². The van der Waals surface area contributed by atoms with Gasteiger partial charge in [-0.2, -0.15) is 0 Å². The van der Waals surface area contributed by atoms with E-state index in [0.717, 1.165) is 29.1 Å². The Morgan fingerprint density at radius 2 is 2.00 bits per heavy atom. The summed E-state index contributed by atoms with van der Waals surface area (Å²) < 4.78 is 0. The van der Waals surface area contributed by atoms with Crippen molar-refractivity contribution in [3.05, 3.63) is 28.8 Å². The summed E-state index contributed by atoms with van der Waals surface area (Å²) in [5, 5.41) is 0.788. The molecule has 0 bridgehead atoms. The molecule has 0 aromatic heterocycles. The minimum absolute atomic E-state index is 0.169. The monoisotopic (exact) mass is 210 g/mol. The van der Waals surface area contributed by atoms with Gasteiger partial charge in [0.2, 0.25) is 0 Å². The average molecular weight is 211 g/mol. The number of rotatable bonds is 2. The predicted octanol–water partition coefficient (Wildman–Crippen LogP) is 2.35. The number of nitrogens with zero attached hydrogens (tertiary/aromatic N) is 1. The maximum absolute atomic E-state index is 6.20. The lowest BCUT2D eigenvalue weighted by atomic mass is 10.0. The van der Waals surface area contributed by atoms with Gasteiger partial charge in [-0.1, -0.05) is 17.7 Å². The van der Waals surface area contributed by atoms with Gasteiger partial charge in [0.15, 0.2) is 0 Å². The molecule has 1 aliphatic rings. The SMILES string of the molecule is CN(C)c1cccc(Cl)c1C1(N)CC1. The Kier molecular flexibility index (Phi) is 2.20. The van der Waals surface area contributed by atoms with Crippen molar-refractivity contribution in [3.63, 3.8) is 0 Å². The first-order valence-corrected chi connectivity index (χ1v) is 5.17. The van der Waals surface area contributed by atoms with Crippen LogP contribution in [0, 0.1) is 0 Å². The molecule has 0 radical (unpaired) electrons. The van der Waals surface area contributed by atoms with Crippen LogP contribution in [0.25, 0.3) is 0 Å². The molecule has 1 saturated carbocycles. The van der Waals surface area contributed by atoms with Crippen LogP contribution >= 0.6 is 11.6 Å². The summed E-state index contributed by atoms with van der Waals surface area (Å²) in [6.07, 6.45) is 2.08. The lowest BCUT2D eigenvalue weighted by Crippen LogP contribution is -2.23. The largest absolute Gasteiger partial charge is 0.377 e. The summed E-state index contributed by atoms with van der Waals surface area (Å²) in [5.74, 6) is 0. The van der Waals surface area contributed by atoms with Crippen molar-refractivity contribution in [1.82, 2.24) is 0 Å². The van der Waals surface area contributed by atoms with E-state index in [4.69, 9.17) is 17.3 Å². The van der Waals surface area contributed by atoms with Crippen molar-refractivity contribution in [2.45, 2.75) is 18.4 Å². The van der Waals surface area contributed by atoms with E-state index in [1.165, 1.54) is 0 Å². The fourth-order valence-electron chi connectivity index (χ4n) is 1.76. The normalized spacial score (nSPS) is 18.0. The van der Waals surface area contributed by atoms with Crippen LogP contribution in [0.1, 0.15) is 18.4 Å². The summed E-state index contributed by atoms with van der Waals surface area (Å²) in [6, 6.07) is 5.94. The van der Waals surface area contributed by atoms with Crippen molar-refractivity contribution in [1.29, 1.82) is 0 Å². The topological polar surface area (TPSA) is 29.3 Å². The van der Waals surface area contributed by atoms with E-state index in [1.54, 1.807) is 0 Å². The van der Waals surface area contributed by atoms with Crippen LogP contribution in [-0.2, 0) is 5.54 Å². The van der Waals surface area contributed by atoms with Crippen molar-refractivity contribution >= 4 is 17.3 Å². The first-order chi connectivity index (χ1) is 6.54. The van der Waals surface area contributed by atoms with E-state index in [0.29, 0.717) is 0 Å². The Bertz CT molecular complexity index is 356. The van der Waals surface area contributed by atoms with E-state index in [1.807, 2.05) is 26.2 Å². The highest BCUT2D eigenvalue weighted by molar-refractivity contribution is 6.32. The molecule has 14 heavy (non-hydrogen) atoms. The Hall–Kier alpha value is -0.730. The summed E-state index contributed by atoms with van der Waals surface area (Å²) in [4.78, 5) is 2.06. The van der Waals surface area contributed by atoms with Crippen molar-refractivity contribution in [3.8, 4) is 0 Å². The standard InChI is InChI=1S/C11H15ClN2/c1-14(2)9-5-3-4-8(12)10(9)11(13)6-7-11/h3-5H,6-7,13H2,1-2H3. The Labute approximate surface area is 89.7 Å².